The molecule has 0 saturated heterocycles. The van der Waals surface area contributed by atoms with Gasteiger partial charge in [-0.3, -0.25) is 0 Å². The standard InChI is InChI=1S/C15H12ClF3O/c1-9-3-4-10(2)14(7-9)20-11-5-6-13(16)12(8-11)15(17,18)19/h3-8H,1-2H3. The summed E-state index contributed by atoms with van der Waals surface area (Å²) >= 11 is 5.56. The Morgan fingerprint density at radius 2 is 1.70 bits per heavy atom. The second kappa shape index (κ2) is 5.37. The van der Waals surface area contributed by atoms with E-state index in [-0.39, 0.29) is 10.8 Å². The van der Waals surface area contributed by atoms with Crippen molar-refractivity contribution in [1.82, 2.24) is 0 Å². The molecule has 0 atom stereocenters. The molecule has 0 bridgehead atoms. The second-order valence-corrected chi connectivity index (χ2v) is 4.92. The van der Waals surface area contributed by atoms with Gasteiger partial charge in [-0.2, -0.15) is 13.2 Å². The van der Waals surface area contributed by atoms with Crippen molar-refractivity contribution in [3.05, 3.63) is 58.1 Å². The molecule has 2 aromatic rings. The number of ether oxygens (including phenoxy) is 1. The molecule has 0 fully saturated rings. The number of hydrogen-bond acceptors (Lipinski definition) is 1. The quantitative estimate of drug-likeness (QED) is 0.684. The molecule has 0 aromatic heterocycles. The molecule has 106 valence electrons. The van der Waals surface area contributed by atoms with Crippen molar-refractivity contribution in [2.75, 3.05) is 0 Å². The number of hydrogen-bond donors (Lipinski definition) is 0. The van der Waals surface area contributed by atoms with Crippen LogP contribution in [0, 0.1) is 13.8 Å². The number of benzene rings is 2. The third kappa shape index (κ3) is 3.25. The summed E-state index contributed by atoms with van der Waals surface area (Å²) in [5, 5.41) is -0.342. The van der Waals surface area contributed by atoms with Crippen LogP contribution in [0.5, 0.6) is 11.5 Å². The normalized spacial score (nSPS) is 11.5. The van der Waals surface area contributed by atoms with Crippen LogP contribution in [0.3, 0.4) is 0 Å². The average Bonchev–Trinajstić information content (AvgIpc) is 2.35. The Hall–Kier alpha value is -1.68. The predicted octanol–water partition coefficient (Wildman–Crippen LogP) is 5.77. The molecule has 0 N–H and O–H groups in total. The highest BCUT2D eigenvalue weighted by atomic mass is 35.5. The summed E-state index contributed by atoms with van der Waals surface area (Å²) in [4.78, 5) is 0. The summed E-state index contributed by atoms with van der Waals surface area (Å²) in [6, 6.07) is 9.04. The van der Waals surface area contributed by atoms with Crippen LogP contribution >= 0.6 is 11.6 Å². The molecule has 5 heteroatoms. The van der Waals surface area contributed by atoms with Crippen LogP contribution in [-0.4, -0.2) is 0 Å². The van der Waals surface area contributed by atoms with Gasteiger partial charge in [0.15, 0.2) is 0 Å². The van der Waals surface area contributed by atoms with E-state index in [1.165, 1.54) is 12.1 Å². The molecule has 0 heterocycles. The largest absolute Gasteiger partial charge is 0.457 e. The van der Waals surface area contributed by atoms with Gasteiger partial charge in [-0.1, -0.05) is 23.7 Å². The fourth-order valence-corrected chi connectivity index (χ4v) is 1.95. The highest BCUT2D eigenvalue weighted by Gasteiger charge is 2.33. The van der Waals surface area contributed by atoms with Crippen molar-refractivity contribution in [1.29, 1.82) is 0 Å². The van der Waals surface area contributed by atoms with Crippen molar-refractivity contribution in [2.24, 2.45) is 0 Å². The molecule has 0 unspecified atom stereocenters. The topological polar surface area (TPSA) is 9.23 Å². The fourth-order valence-electron chi connectivity index (χ4n) is 1.73. The minimum Gasteiger partial charge on any atom is -0.457 e. The number of halogens is 4. The van der Waals surface area contributed by atoms with Crippen LogP contribution in [0.25, 0.3) is 0 Å². The lowest BCUT2D eigenvalue weighted by Crippen LogP contribution is -2.06. The van der Waals surface area contributed by atoms with Gasteiger partial charge in [0, 0.05) is 0 Å². The lowest BCUT2D eigenvalue weighted by molar-refractivity contribution is -0.137. The first-order chi connectivity index (χ1) is 9.27. The molecule has 0 saturated carbocycles. The van der Waals surface area contributed by atoms with Gasteiger partial charge in [0.1, 0.15) is 11.5 Å². The van der Waals surface area contributed by atoms with E-state index in [1.54, 1.807) is 6.07 Å². The fraction of sp³-hybridized carbons (Fsp3) is 0.200. The highest BCUT2D eigenvalue weighted by molar-refractivity contribution is 6.31. The third-order valence-electron chi connectivity index (χ3n) is 2.81. The Morgan fingerprint density at radius 3 is 2.35 bits per heavy atom. The molecular weight excluding hydrogens is 289 g/mol. The Kier molecular flexibility index (Phi) is 3.95. The first-order valence-electron chi connectivity index (χ1n) is 5.89. The molecule has 0 aliphatic heterocycles. The van der Waals surface area contributed by atoms with Gasteiger partial charge in [0.25, 0.3) is 0 Å². The Labute approximate surface area is 119 Å². The highest BCUT2D eigenvalue weighted by Crippen LogP contribution is 2.38. The molecule has 0 radical (unpaired) electrons. The molecule has 0 spiro atoms. The molecule has 0 aliphatic carbocycles. The van der Waals surface area contributed by atoms with Crippen LogP contribution in [-0.2, 0) is 6.18 Å². The van der Waals surface area contributed by atoms with Crippen molar-refractivity contribution in [2.45, 2.75) is 20.0 Å². The van der Waals surface area contributed by atoms with E-state index in [4.69, 9.17) is 16.3 Å². The van der Waals surface area contributed by atoms with Crippen molar-refractivity contribution in [3.63, 3.8) is 0 Å². The SMILES string of the molecule is Cc1ccc(C)c(Oc2ccc(Cl)c(C(F)(F)F)c2)c1. The summed E-state index contributed by atoms with van der Waals surface area (Å²) in [7, 11) is 0. The van der Waals surface area contributed by atoms with E-state index in [9.17, 15) is 13.2 Å². The van der Waals surface area contributed by atoms with Crippen molar-refractivity contribution < 1.29 is 17.9 Å². The zero-order valence-electron chi connectivity index (χ0n) is 10.9. The van der Waals surface area contributed by atoms with Crippen molar-refractivity contribution >= 4 is 11.6 Å². The zero-order valence-corrected chi connectivity index (χ0v) is 11.6. The smallest absolute Gasteiger partial charge is 0.417 e. The minimum atomic E-state index is -4.50. The van der Waals surface area contributed by atoms with E-state index < -0.39 is 11.7 Å². The van der Waals surface area contributed by atoms with Crippen LogP contribution < -0.4 is 4.74 Å². The van der Waals surface area contributed by atoms with Gasteiger partial charge in [0.2, 0.25) is 0 Å². The maximum absolute atomic E-state index is 12.8. The van der Waals surface area contributed by atoms with Gasteiger partial charge >= 0.3 is 6.18 Å². The Balaban J connectivity index is 2.37. The van der Waals surface area contributed by atoms with Crippen LogP contribution in [0.15, 0.2) is 36.4 Å². The Bertz CT molecular complexity index is 636. The molecule has 1 nitrogen and oxygen atoms in total. The zero-order chi connectivity index (χ0) is 14.9. The van der Waals surface area contributed by atoms with Gasteiger partial charge in [-0.15, -0.1) is 0 Å². The van der Waals surface area contributed by atoms with E-state index >= 15 is 0 Å². The van der Waals surface area contributed by atoms with E-state index in [0.717, 1.165) is 17.2 Å². The third-order valence-corrected chi connectivity index (χ3v) is 3.14. The number of rotatable bonds is 2. The minimum absolute atomic E-state index is 0.107. The van der Waals surface area contributed by atoms with Crippen LogP contribution in [0.1, 0.15) is 16.7 Å². The van der Waals surface area contributed by atoms with E-state index in [1.807, 2.05) is 26.0 Å². The first-order valence-corrected chi connectivity index (χ1v) is 6.27. The lowest BCUT2D eigenvalue weighted by Gasteiger charge is -2.13. The monoisotopic (exact) mass is 300 g/mol. The molecule has 2 aromatic carbocycles. The van der Waals surface area contributed by atoms with Gasteiger partial charge < -0.3 is 4.74 Å². The first kappa shape index (κ1) is 14.7. The van der Waals surface area contributed by atoms with Gasteiger partial charge in [0.05, 0.1) is 10.6 Å². The molecule has 0 aliphatic rings. The summed E-state index contributed by atoms with van der Waals surface area (Å²) in [5.41, 5.74) is 0.914. The second-order valence-electron chi connectivity index (χ2n) is 4.51. The van der Waals surface area contributed by atoms with E-state index in [2.05, 4.69) is 0 Å². The average molecular weight is 301 g/mol. The maximum Gasteiger partial charge on any atom is 0.417 e. The molecule has 20 heavy (non-hydrogen) atoms. The van der Waals surface area contributed by atoms with Crippen LogP contribution in [0.4, 0.5) is 13.2 Å². The summed E-state index contributed by atoms with van der Waals surface area (Å²) in [6.07, 6.45) is -4.50. The number of aryl methyl sites for hydroxylation is 2. The lowest BCUT2D eigenvalue weighted by atomic mass is 10.1. The predicted molar refractivity (Wildman–Crippen MR) is 72.4 cm³/mol. The van der Waals surface area contributed by atoms with Gasteiger partial charge in [-0.25, -0.2) is 0 Å². The molecular formula is C15H12ClF3O. The Morgan fingerprint density at radius 1 is 1.00 bits per heavy atom. The summed E-state index contributed by atoms with van der Waals surface area (Å²) < 4.78 is 43.8. The summed E-state index contributed by atoms with van der Waals surface area (Å²) in [5.74, 6) is 0.635. The molecule has 2 rings (SSSR count). The molecule has 0 amide bonds. The summed E-state index contributed by atoms with van der Waals surface area (Å²) in [6.45, 7) is 3.71. The van der Waals surface area contributed by atoms with Gasteiger partial charge in [-0.05, 0) is 49.2 Å². The maximum atomic E-state index is 12.8. The van der Waals surface area contributed by atoms with Crippen LogP contribution in [0.2, 0.25) is 5.02 Å². The number of alkyl halides is 3. The van der Waals surface area contributed by atoms with Crippen molar-refractivity contribution in [3.8, 4) is 11.5 Å². The van der Waals surface area contributed by atoms with E-state index in [0.29, 0.717) is 5.75 Å².